The number of benzene rings is 2. The number of aromatic nitrogens is 1. The summed E-state index contributed by atoms with van der Waals surface area (Å²) >= 11 is 5.93. The van der Waals surface area contributed by atoms with Gasteiger partial charge < -0.3 is 29.9 Å². The van der Waals surface area contributed by atoms with Gasteiger partial charge in [0.15, 0.2) is 5.11 Å². The fourth-order valence-electron chi connectivity index (χ4n) is 5.59. The third kappa shape index (κ3) is 5.02. The molecule has 8 nitrogen and oxygen atoms in total. The van der Waals surface area contributed by atoms with Crippen LogP contribution in [0.15, 0.2) is 66.9 Å². The van der Waals surface area contributed by atoms with Crippen LogP contribution >= 0.6 is 12.2 Å². The second kappa shape index (κ2) is 10.9. The van der Waals surface area contributed by atoms with E-state index < -0.39 is 0 Å². The smallest absolute Gasteiger partial charge is 0.250 e. The molecule has 1 saturated heterocycles. The van der Waals surface area contributed by atoms with Gasteiger partial charge in [0.05, 0.1) is 36.1 Å². The number of hydrogen-bond acceptors (Lipinski definition) is 6. The number of methoxy groups -OCH3 is 2. The molecular weight excluding hydrogens is 522 g/mol. The van der Waals surface area contributed by atoms with Crippen LogP contribution in [0.4, 0.5) is 17.1 Å². The Morgan fingerprint density at radius 3 is 2.65 bits per heavy atom. The summed E-state index contributed by atoms with van der Waals surface area (Å²) in [5, 5.41) is 6.99. The molecule has 2 aliphatic rings. The van der Waals surface area contributed by atoms with Crippen molar-refractivity contribution in [2.45, 2.75) is 38.4 Å². The minimum Gasteiger partial charge on any atom is -0.495 e. The van der Waals surface area contributed by atoms with Gasteiger partial charge in [0.25, 0.3) is 0 Å². The lowest BCUT2D eigenvalue weighted by Crippen LogP contribution is -2.42. The minimum absolute atomic E-state index is 0.0608. The van der Waals surface area contributed by atoms with Crippen LogP contribution in [0.1, 0.15) is 49.7 Å². The predicted molar refractivity (Wildman–Crippen MR) is 164 cm³/mol. The summed E-state index contributed by atoms with van der Waals surface area (Å²) in [6.45, 7) is 6.55. The van der Waals surface area contributed by atoms with Gasteiger partial charge in [-0.25, -0.2) is 0 Å². The second-order valence-electron chi connectivity index (χ2n) is 10.7. The van der Waals surface area contributed by atoms with E-state index in [-0.39, 0.29) is 30.1 Å². The van der Waals surface area contributed by atoms with E-state index in [2.05, 4.69) is 77.5 Å². The third-order valence-corrected chi connectivity index (χ3v) is 8.01. The van der Waals surface area contributed by atoms with Crippen LogP contribution in [0.25, 0.3) is 5.57 Å². The predicted octanol–water partition coefficient (Wildman–Crippen LogP) is 5.48. The summed E-state index contributed by atoms with van der Waals surface area (Å²) in [5.74, 6) is 0.274. The Morgan fingerprint density at radius 2 is 1.95 bits per heavy atom. The van der Waals surface area contributed by atoms with E-state index in [4.69, 9.17) is 21.7 Å². The van der Waals surface area contributed by atoms with Crippen molar-refractivity contribution >= 4 is 45.9 Å². The largest absolute Gasteiger partial charge is 0.495 e. The number of likely N-dealkylation sites (N-methyl/N-ethyl adjacent to an activating group) is 1. The fourth-order valence-corrected chi connectivity index (χ4v) is 5.94. The molecule has 5 rings (SSSR count). The van der Waals surface area contributed by atoms with E-state index in [0.717, 1.165) is 16.9 Å². The van der Waals surface area contributed by atoms with Gasteiger partial charge in [0, 0.05) is 37.3 Å². The van der Waals surface area contributed by atoms with Gasteiger partial charge in [-0.2, -0.15) is 0 Å². The molecule has 2 atom stereocenters. The first kappa shape index (κ1) is 27.6. The number of anilines is 3. The van der Waals surface area contributed by atoms with Crippen molar-refractivity contribution in [3.63, 3.8) is 0 Å². The van der Waals surface area contributed by atoms with E-state index in [9.17, 15) is 4.79 Å². The van der Waals surface area contributed by atoms with Gasteiger partial charge in [0.1, 0.15) is 12.4 Å². The summed E-state index contributed by atoms with van der Waals surface area (Å²) in [4.78, 5) is 21.5. The number of hydrogen-bond donors (Lipinski definition) is 2. The second-order valence-corrected chi connectivity index (χ2v) is 11.1. The Morgan fingerprint density at radius 1 is 1.15 bits per heavy atom. The molecule has 0 spiro atoms. The molecular formula is C31H35N5O3S. The summed E-state index contributed by atoms with van der Waals surface area (Å²) in [7, 11) is 5.19. The van der Waals surface area contributed by atoms with Crippen LogP contribution in [0.2, 0.25) is 0 Å². The maximum atomic E-state index is 12.4. The zero-order valence-corrected chi connectivity index (χ0v) is 24.5. The molecule has 0 aliphatic carbocycles. The first-order chi connectivity index (χ1) is 19.1. The number of pyridine rings is 1. The number of ether oxygens (including phenoxy) is 2. The van der Waals surface area contributed by atoms with Gasteiger partial charge in [0.2, 0.25) is 5.91 Å². The topological polar surface area (TPSA) is 79.0 Å². The van der Waals surface area contributed by atoms with Gasteiger partial charge in [-0.05, 0) is 86.6 Å². The van der Waals surface area contributed by atoms with Crippen molar-refractivity contribution in [2.24, 2.45) is 0 Å². The summed E-state index contributed by atoms with van der Waals surface area (Å²) < 4.78 is 10.5. The number of allylic oxidation sites excluding steroid dienone is 1. The molecule has 9 heteroatoms. The number of amides is 1. The fraction of sp³-hybridized carbons (Fsp3) is 0.323. The minimum atomic E-state index is -0.271. The molecule has 2 N–H and O–H groups in total. The molecule has 208 valence electrons. The Hall–Kier alpha value is -3.95. The van der Waals surface area contributed by atoms with Crippen LogP contribution in [0.5, 0.6) is 5.75 Å². The van der Waals surface area contributed by atoms with Gasteiger partial charge in [-0.1, -0.05) is 18.2 Å². The van der Waals surface area contributed by atoms with E-state index >= 15 is 0 Å². The molecule has 0 unspecified atom stereocenters. The van der Waals surface area contributed by atoms with Crippen molar-refractivity contribution in [3.8, 4) is 5.75 Å². The standard InChI is InChI=1S/C31H35N5O3S/c1-19-17-31(2,3)35(4)25-12-10-20(15-22(19)25)29-28(23-9-7-8-14-32-23)34-30(40)36(29)21-11-13-26(39-6)24(16-21)33-27(37)18-38-5/h7-17,28-29H,18H2,1-6H3,(H,33,37)(H,34,40)/t28-,29-/m0/s1. The molecule has 1 fully saturated rings. The number of fused-ring (bicyclic) bond motifs is 1. The Balaban J connectivity index is 1.63. The van der Waals surface area contributed by atoms with Gasteiger partial charge >= 0.3 is 0 Å². The highest BCUT2D eigenvalue weighted by atomic mass is 32.1. The van der Waals surface area contributed by atoms with E-state index in [1.165, 1.54) is 23.9 Å². The van der Waals surface area contributed by atoms with Gasteiger partial charge in [-0.3, -0.25) is 9.78 Å². The molecule has 1 amide bonds. The molecule has 3 heterocycles. The first-order valence-electron chi connectivity index (χ1n) is 13.2. The summed E-state index contributed by atoms with van der Waals surface area (Å²) in [6.07, 6.45) is 4.11. The summed E-state index contributed by atoms with van der Waals surface area (Å²) in [5.41, 5.74) is 6.89. The lowest BCUT2D eigenvalue weighted by molar-refractivity contribution is -0.119. The van der Waals surface area contributed by atoms with Crippen LogP contribution in [-0.4, -0.2) is 49.4 Å². The van der Waals surface area contributed by atoms with Crippen molar-refractivity contribution in [2.75, 3.05) is 43.0 Å². The molecule has 0 saturated carbocycles. The van der Waals surface area contributed by atoms with Crippen molar-refractivity contribution in [1.29, 1.82) is 0 Å². The lowest BCUT2D eigenvalue weighted by atomic mass is 9.86. The van der Waals surface area contributed by atoms with Crippen molar-refractivity contribution in [1.82, 2.24) is 10.3 Å². The van der Waals surface area contributed by atoms with Crippen LogP contribution in [0, 0.1) is 0 Å². The number of nitrogens with zero attached hydrogens (tertiary/aromatic N) is 3. The normalized spacial score (nSPS) is 19.6. The SMILES string of the molecule is COCC(=O)Nc1cc(N2C(=S)N[C@@H](c3ccccn3)[C@@H]2c2ccc3c(c2)C(C)=CC(C)(C)N3C)ccc1OC. The van der Waals surface area contributed by atoms with Crippen LogP contribution in [-0.2, 0) is 9.53 Å². The zero-order valence-electron chi connectivity index (χ0n) is 23.7. The highest BCUT2D eigenvalue weighted by Crippen LogP contribution is 2.46. The molecule has 0 radical (unpaired) electrons. The monoisotopic (exact) mass is 557 g/mol. The molecule has 2 aliphatic heterocycles. The van der Waals surface area contributed by atoms with Crippen LogP contribution in [0.3, 0.4) is 0 Å². The Bertz CT molecular complexity index is 1470. The third-order valence-electron chi connectivity index (χ3n) is 7.69. The van der Waals surface area contributed by atoms with E-state index in [1.807, 2.05) is 36.4 Å². The average Bonchev–Trinajstić information content (AvgIpc) is 3.29. The van der Waals surface area contributed by atoms with Crippen molar-refractivity contribution in [3.05, 3.63) is 83.7 Å². The molecule has 3 aromatic rings. The van der Waals surface area contributed by atoms with Crippen LogP contribution < -0.4 is 25.2 Å². The Labute approximate surface area is 241 Å². The molecule has 40 heavy (non-hydrogen) atoms. The summed E-state index contributed by atoms with van der Waals surface area (Å²) in [6, 6.07) is 17.8. The Kier molecular flexibility index (Phi) is 7.53. The first-order valence-corrected chi connectivity index (χ1v) is 13.6. The maximum Gasteiger partial charge on any atom is 0.250 e. The number of thiocarbonyl (C=S) groups is 1. The highest BCUT2D eigenvalue weighted by Gasteiger charge is 2.41. The number of carbonyl (C=O) groups is 1. The molecule has 0 bridgehead atoms. The maximum absolute atomic E-state index is 12.4. The quantitative estimate of drug-likeness (QED) is 0.370. The highest BCUT2D eigenvalue weighted by molar-refractivity contribution is 7.80. The van der Waals surface area contributed by atoms with Crippen molar-refractivity contribution < 1.29 is 14.3 Å². The van der Waals surface area contributed by atoms with E-state index in [1.54, 1.807) is 13.3 Å². The average molecular weight is 558 g/mol. The van der Waals surface area contributed by atoms with E-state index in [0.29, 0.717) is 16.5 Å². The number of nitrogens with one attached hydrogen (secondary N) is 2. The number of carbonyl (C=O) groups excluding carboxylic acids is 1. The van der Waals surface area contributed by atoms with Gasteiger partial charge in [-0.15, -0.1) is 0 Å². The molecule has 2 aromatic carbocycles. The number of rotatable bonds is 7. The lowest BCUT2D eigenvalue weighted by Gasteiger charge is -2.41. The molecule has 1 aromatic heterocycles. The zero-order chi connectivity index (χ0) is 28.6.